The van der Waals surface area contributed by atoms with Gasteiger partial charge in [-0.05, 0) is 104 Å². The molecule has 0 bridgehead atoms. The number of benzene rings is 3. The lowest BCUT2D eigenvalue weighted by Gasteiger charge is -2.32. The van der Waals surface area contributed by atoms with E-state index in [-0.39, 0.29) is 81.9 Å². The Morgan fingerprint density at radius 1 is 0.578 bits per heavy atom. The molecule has 0 radical (unpaired) electrons. The zero-order valence-corrected chi connectivity index (χ0v) is 51.1. The number of aromatic amines is 1. The second-order valence-electron chi connectivity index (χ2n) is 23.6. The highest BCUT2D eigenvalue weighted by Crippen LogP contribution is 2.30. The second-order valence-corrected chi connectivity index (χ2v) is 23.6. The van der Waals surface area contributed by atoms with E-state index in [9.17, 15) is 68.1 Å². The Kier molecular flexibility index (Phi) is 25.5. The van der Waals surface area contributed by atoms with Crippen LogP contribution in [0.1, 0.15) is 120 Å². The number of likely N-dealkylation sites (N-methyl/N-ethyl adjacent to an activating group) is 1. The summed E-state index contributed by atoms with van der Waals surface area (Å²) < 4.78 is 0. The Labute approximate surface area is 522 Å². The van der Waals surface area contributed by atoms with Gasteiger partial charge >= 0.3 is 5.97 Å². The van der Waals surface area contributed by atoms with Gasteiger partial charge in [-0.1, -0.05) is 94.3 Å². The number of para-hydroxylation sites is 1. The van der Waals surface area contributed by atoms with E-state index >= 15 is 0 Å². The third-order valence-electron chi connectivity index (χ3n) is 16.9. The molecule has 8 atom stereocenters. The van der Waals surface area contributed by atoms with Crippen LogP contribution < -0.4 is 48.3 Å². The van der Waals surface area contributed by atoms with Crippen molar-refractivity contribution in [2.24, 2.45) is 11.7 Å². The SMILES string of the molecule is CCCCC[C@@H]1NC(=O)[C@H](Cc2ccc(O)cc2)NC(=O)[C@H](CC2CCCC2)N(C)C(=O)CNC(=O)[C@H](CCCCN)NC(=O)[C@H]2CCCN2C(=O)[C@H](CC(=O)O)NC(=O)[C@H](Cc2ccc(O)cc2)NC(=O)CNC(=O)[C@H](Cc2c[nH]c3ccccc23)NC1=O. The van der Waals surface area contributed by atoms with Crippen LogP contribution in [-0.2, 0) is 72.0 Å². The summed E-state index contributed by atoms with van der Waals surface area (Å²) in [5.74, 6) is -9.84. The van der Waals surface area contributed by atoms with Gasteiger partial charge in [0, 0.05) is 50.0 Å². The van der Waals surface area contributed by atoms with Crippen LogP contribution in [-0.4, -0.2) is 177 Å². The first-order valence-corrected chi connectivity index (χ1v) is 31.2. The number of rotatable bonds is 18. The Hall–Kier alpha value is -9.07. The van der Waals surface area contributed by atoms with E-state index in [1.54, 1.807) is 24.4 Å². The number of aromatic hydroxyl groups is 2. The molecule has 0 spiro atoms. The van der Waals surface area contributed by atoms with Crippen molar-refractivity contribution in [1.29, 1.82) is 0 Å². The van der Waals surface area contributed by atoms with Crippen LogP contribution in [0.15, 0.2) is 79.0 Å². The van der Waals surface area contributed by atoms with Crippen LogP contribution in [0.5, 0.6) is 11.5 Å². The third kappa shape index (κ3) is 19.7. The molecule has 26 heteroatoms. The topological polar surface area (TPSA) is 393 Å². The van der Waals surface area contributed by atoms with Crippen molar-refractivity contribution in [2.45, 2.75) is 171 Å². The quantitative estimate of drug-likeness (QED) is 0.0626. The molecule has 486 valence electrons. The number of aliphatic carboxylic acids is 1. The number of H-pyrrole nitrogens is 1. The summed E-state index contributed by atoms with van der Waals surface area (Å²) in [6.07, 6.45) is 6.86. The standard InChI is InChI=1S/C64H86N12O14/c1-3-4-5-17-47-59(85)72-50(33-41-35-66-45-16-9-8-15-44(41)45)58(84)67-36-54(79)69-48(30-39-20-24-42(77)25-21-39)60(86)74-51(34-56(81)82)64(90)76-29-12-19-52(76)62(88)71-46(18-10-11-28-65)57(83)68-37-55(80)75(2)53(32-38-13-6-7-14-38)63(89)73-49(61(87)70-47)31-40-22-26-43(78)27-23-40/h8-9,15-16,20-27,35,38,46-53,66,77-78H,3-7,10-14,17-19,28-34,36-37,65H2,1-2H3,(H,67,84)(H,68,83)(H,69,79)(H,70,87)(H,71,88)(H,72,85)(H,73,89)(H,74,86)(H,81,82)/t46-,47-,48-,49-,50-,51-,52+,53-/m0/s1. The maximum atomic E-state index is 14.9. The smallest absolute Gasteiger partial charge is 0.305 e. The fourth-order valence-electron chi connectivity index (χ4n) is 11.9. The average molecular weight is 1250 g/mol. The fraction of sp³-hybridized carbons (Fsp3) is 0.516. The minimum atomic E-state index is -1.79. The summed E-state index contributed by atoms with van der Waals surface area (Å²) >= 11 is 0. The van der Waals surface area contributed by atoms with E-state index in [0.717, 1.165) is 47.9 Å². The molecule has 2 saturated heterocycles. The maximum Gasteiger partial charge on any atom is 0.305 e. The van der Waals surface area contributed by atoms with E-state index in [1.807, 2.05) is 25.1 Å². The number of carboxylic acids is 1. The number of carboxylic acid groups (broad SMARTS) is 1. The number of nitrogens with two attached hydrogens (primary N) is 1. The second kappa shape index (κ2) is 33.5. The van der Waals surface area contributed by atoms with Gasteiger partial charge in [0.15, 0.2) is 0 Å². The first-order chi connectivity index (χ1) is 43.2. The van der Waals surface area contributed by atoms with Crippen LogP contribution >= 0.6 is 0 Å². The molecule has 7 rings (SSSR count). The van der Waals surface area contributed by atoms with Gasteiger partial charge in [0.25, 0.3) is 0 Å². The number of nitrogens with zero attached hydrogens (tertiary/aromatic N) is 2. The van der Waals surface area contributed by atoms with Gasteiger partial charge in [-0.2, -0.15) is 0 Å². The van der Waals surface area contributed by atoms with E-state index in [4.69, 9.17) is 5.73 Å². The molecule has 1 aliphatic carbocycles. The molecule has 1 aromatic heterocycles. The van der Waals surface area contributed by atoms with Crippen LogP contribution in [0.3, 0.4) is 0 Å². The van der Waals surface area contributed by atoms with E-state index in [1.165, 1.54) is 48.3 Å². The summed E-state index contributed by atoms with van der Waals surface area (Å²) in [7, 11) is 1.41. The van der Waals surface area contributed by atoms with Gasteiger partial charge in [-0.25, -0.2) is 0 Å². The number of aromatic nitrogens is 1. The highest BCUT2D eigenvalue weighted by molar-refractivity contribution is 6.00. The molecular weight excluding hydrogens is 1160 g/mol. The van der Waals surface area contributed by atoms with E-state index in [0.29, 0.717) is 42.4 Å². The maximum absolute atomic E-state index is 14.9. The number of hydrogen-bond acceptors (Lipinski definition) is 14. The van der Waals surface area contributed by atoms with Gasteiger partial charge in [0.2, 0.25) is 59.1 Å². The minimum absolute atomic E-state index is 0.0153. The van der Waals surface area contributed by atoms with Crippen molar-refractivity contribution in [3.8, 4) is 11.5 Å². The van der Waals surface area contributed by atoms with E-state index in [2.05, 4.69) is 47.5 Å². The fourth-order valence-corrected chi connectivity index (χ4v) is 11.9. The number of fused-ring (bicyclic) bond motifs is 2. The van der Waals surface area contributed by atoms with Crippen molar-refractivity contribution in [3.05, 3.63) is 95.7 Å². The van der Waals surface area contributed by atoms with Crippen LogP contribution in [0, 0.1) is 5.92 Å². The molecule has 1 saturated carbocycles. The van der Waals surface area contributed by atoms with Crippen molar-refractivity contribution in [3.63, 3.8) is 0 Å². The van der Waals surface area contributed by atoms with Gasteiger partial charge < -0.3 is 78.4 Å². The lowest BCUT2D eigenvalue weighted by Crippen LogP contribution is -2.60. The summed E-state index contributed by atoms with van der Waals surface area (Å²) in [6, 6.07) is 7.75. The van der Waals surface area contributed by atoms with Gasteiger partial charge in [-0.3, -0.25) is 52.7 Å². The molecule has 14 N–H and O–H groups in total. The summed E-state index contributed by atoms with van der Waals surface area (Å²) in [5, 5.41) is 52.5. The van der Waals surface area contributed by atoms with Crippen LogP contribution in [0.4, 0.5) is 0 Å². The third-order valence-corrected chi connectivity index (χ3v) is 16.9. The van der Waals surface area contributed by atoms with Crippen molar-refractivity contribution in [1.82, 2.24) is 57.3 Å². The van der Waals surface area contributed by atoms with Gasteiger partial charge in [0.1, 0.15) is 59.8 Å². The van der Waals surface area contributed by atoms with Crippen LogP contribution in [0.25, 0.3) is 10.9 Å². The molecule has 3 heterocycles. The molecule has 26 nitrogen and oxygen atoms in total. The highest BCUT2D eigenvalue weighted by Gasteiger charge is 2.41. The number of unbranched alkanes of at least 4 members (excludes halogenated alkanes) is 3. The molecule has 3 aromatic carbocycles. The summed E-state index contributed by atoms with van der Waals surface area (Å²) in [4.78, 5) is 163. The zero-order chi connectivity index (χ0) is 64.9. The number of carbonyl (C=O) groups is 11. The van der Waals surface area contributed by atoms with Gasteiger partial charge in [-0.15, -0.1) is 0 Å². The predicted octanol–water partition coefficient (Wildman–Crippen LogP) is 1.34. The number of nitrogens with one attached hydrogen (secondary N) is 9. The summed E-state index contributed by atoms with van der Waals surface area (Å²) in [5.41, 5.74) is 8.06. The Morgan fingerprint density at radius 2 is 1.11 bits per heavy atom. The first kappa shape index (κ1) is 68.4. The molecule has 3 aliphatic rings. The van der Waals surface area contributed by atoms with Crippen molar-refractivity contribution in [2.75, 3.05) is 33.2 Å². The first-order valence-electron chi connectivity index (χ1n) is 31.2. The molecule has 2 aliphatic heterocycles. The van der Waals surface area contributed by atoms with Crippen molar-refractivity contribution < 1.29 is 68.1 Å². The molecule has 90 heavy (non-hydrogen) atoms. The predicted molar refractivity (Wildman–Crippen MR) is 330 cm³/mol. The Morgan fingerprint density at radius 3 is 1.74 bits per heavy atom. The number of carbonyl (C=O) groups excluding carboxylic acids is 10. The zero-order valence-electron chi connectivity index (χ0n) is 51.1. The molecule has 10 amide bonds. The normalized spacial score (nSPS) is 23.8. The van der Waals surface area contributed by atoms with Crippen LogP contribution in [0.2, 0.25) is 0 Å². The highest BCUT2D eigenvalue weighted by atomic mass is 16.4. The minimum Gasteiger partial charge on any atom is -0.508 e. The Balaban J connectivity index is 1.26. The number of amides is 10. The van der Waals surface area contributed by atoms with Crippen molar-refractivity contribution >= 4 is 75.9 Å². The number of hydrogen-bond donors (Lipinski definition) is 13. The number of phenolic OH excluding ortho intramolecular Hbond substituents is 2. The molecular formula is C64H86N12O14. The average Bonchev–Trinajstić information content (AvgIpc) is 3.02. The van der Waals surface area contributed by atoms with E-state index < -0.39 is 133 Å². The monoisotopic (exact) mass is 1250 g/mol. The lowest BCUT2D eigenvalue weighted by molar-refractivity contribution is -0.146. The molecule has 3 fully saturated rings. The lowest BCUT2D eigenvalue weighted by atomic mass is 9.96. The number of phenols is 2. The molecule has 0 unspecified atom stereocenters. The summed E-state index contributed by atoms with van der Waals surface area (Å²) in [6.45, 7) is 0.767. The largest absolute Gasteiger partial charge is 0.508 e. The Bertz CT molecular complexity index is 3170. The molecule has 4 aromatic rings. The van der Waals surface area contributed by atoms with Gasteiger partial charge in [0.05, 0.1) is 19.5 Å².